The Bertz CT molecular complexity index is 594. The molecule has 0 aromatic heterocycles. The highest BCUT2D eigenvalue weighted by Gasteiger charge is 2.52. The summed E-state index contributed by atoms with van der Waals surface area (Å²) in [5.74, 6) is -0.0909. The summed E-state index contributed by atoms with van der Waals surface area (Å²) >= 11 is 6.23. The van der Waals surface area contributed by atoms with Crippen LogP contribution in [0.15, 0.2) is 24.3 Å². The smallest absolute Gasteiger partial charge is 0.323 e. The molecule has 2 aliphatic rings. The first kappa shape index (κ1) is 15.3. The fourth-order valence-electron chi connectivity index (χ4n) is 3.62. The topological polar surface area (TPSA) is 49.4 Å². The van der Waals surface area contributed by atoms with Crippen molar-refractivity contribution in [2.75, 3.05) is 0 Å². The van der Waals surface area contributed by atoms with Gasteiger partial charge in [-0.05, 0) is 31.4 Å². The minimum atomic E-state index is -0.691. The lowest BCUT2D eigenvalue weighted by atomic mass is 9.90. The van der Waals surface area contributed by atoms with Crippen LogP contribution in [0.1, 0.15) is 57.1 Å². The van der Waals surface area contributed by atoms with Gasteiger partial charge in [0.15, 0.2) is 0 Å². The SMILES string of the molecule is CC(c1ccccc1Cl)N1C(=O)NC2(CCCCCC2)C1=O. The summed E-state index contributed by atoms with van der Waals surface area (Å²) in [7, 11) is 0. The monoisotopic (exact) mass is 320 g/mol. The number of nitrogens with one attached hydrogen (secondary N) is 1. The van der Waals surface area contributed by atoms with Gasteiger partial charge in [0, 0.05) is 5.02 Å². The number of hydrogen-bond acceptors (Lipinski definition) is 2. The maximum absolute atomic E-state index is 13.0. The zero-order valence-corrected chi connectivity index (χ0v) is 13.5. The standard InChI is InChI=1S/C17H21ClN2O2/c1-12(13-8-4-5-9-14(13)18)20-15(21)17(19-16(20)22)10-6-2-3-7-11-17/h4-5,8-9,12H,2-3,6-7,10-11H2,1H3,(H,19,22). The Morgan fingerprint density at radius 2 is 1.77 bits per heavy atom. The van der Waals surface area contributed by atoms with E-state index in [0.29, 0.717) is 5.02 Å². The average Bonchev–Trinajstić information content (AvgIpc) is 2.66. The van der Waals surface area contributed by atoms with Crippen molar-refractivity contribution >= 4 is 23.5 Å². The molecule has 1 saturated heterocycles. The Morgan fingerprint density at radius 1 is 1.14 bits per heavy atom. The second kappa shape index (κ2) is 5.92. The molecule has 3 rings (SSSR count). The summed E-state index contributed by atoms with van der Waals surface area (Å²) < 4.78 is 0. The lowest BCUT2D eigenvalue weighted by Crippen LogP contribution is -2.46. The van der Waals surface area contributed by atoms with Crippen molar-refractivity contribution in [3.63, 3.8) is 0 Å². The number of imide groups is 1. The van der Waals surface area contributed by atoms with E-state index < -0.39 is 5.54 Å². The van der Waals surface area contributed by atoms with Gasteiger partial charge in [0.1, 0.15) is 5.54 Å². The Morgan fingerprint density at radius 3 is 2.41 bits per heavy atom. The fraction of sp³-hybridized carbons (Fsp3) is 0.529. The van der Waals surface area contributed by atoms with Gasteiger partial charge in [0.2, 0.25) is 0 Å². The van der Waals surface area contributed by atoms with Crippen LogP contribution in [0.25, 0.3) is 0 Å². The van der Waals surface area contributed by atoms with Crippen LogP contribution in [0.5, 0.6) is 0 Å². The highest BCUT2D eigenvalue weighted by molar-refractivity contribution is 6.31. The number of rotatable bonds is 2. The molecule has 2 fully saturated rings. The predicted molar refractivity (Wildman–Crippen MR) is 85.7 cm³/mol. The van der Waals surface area contributed by atoms with Crippen molar-refractivity contribution in [2.24, 2.45) is 0 Å². The van der Waals surface area contributed by atoms with Gasteiger partial charge in [-0.15, -0.1) is 0 Å². The third kappa shape index (κ3) is 2.50. The number of hydrogen-bond donors (Lipinski definition) is 1. The highest BCUT2D eigenvalue weighted by Crippen LogP contribution is 2.37. The van der Waals surface area contributed by atoms with Gasteiger partial charge in [-0.2, -0.15) is 0 Å². The van der Waals surface area contributed by atoms with Crippen LogP contribution in [0.2, 0.25) is 5.02 Å². The number of carbonyl (C=O) groups excluding carboxylic acids is 2. The molecular weight excluding hydrogens is 300 g/mol. The van der Waals surface area contributed by atoms with Crippen LogP contribution >= 0.6 is 11.6 Å². The van der Waals surface area contributed by atoms with Crippen molar-refractivity contribution in [2.45, 2.75) is 57.0 Å². The van der Waals surface area contributed by atoms with E-state index in [1.165, 1.54) is 4.90 Å². The molecule has 22 heavy (non-hydrogen) atoms. The van der Waals surface area contributed by atoms with Crippen LogP contribution < -0.4 is 5.32 Å². The summed E-state index contributed by atoms with van der Waals surface area (Å²) in [6, 6.07) is 6.72. The minimum Gasteiger partial charge on any atom is -0.323 e. The van der Waals surface area contributed by atoms with Gasteiger partial charge in [-0.1, -0.05) is 55.5 Å². The largest absolute Gasteiger partial charge is 0.325 e. The maximum Gasteiger partial charge on any atom is 0.325 e. The van der Waals surface area contributed by atoms with E-state index in [1.54, 1.807) is 6.07 Å². The lowest BCUT2D eigenvalue weighted by molar-refractivity contribution is -0.133. The van der Waals surface area contributed by atoms with Crippen LogP contribution in [-0.2, 0) is 4.79 Å². The Kier molecular flexibility index (Phi) is 4.13. The molecule has 0 bridgehead atoms. The molecule has 0 radical (unpaired) electrons. The normalized spacial score (nSPS) is 22.5. The number of urea groups is 1. The highest BCUT2D eigenvalue weighted by atomic mass is 35.5. The summed E-state index contributed by atoms with van der Waals surface area (Å²) in [5, 5.41) is 3.55. The Labute approximate surface area is 135 Å². The number of carbonyl (C=O) groups is 2. The molecule has 1 atom stereocenters. The van der Waals surface area contributed by atoms with Gasteiger partial charge in [0.25, 0.3) is 5.91 Å². The number of benzene rings is 1. The van der Waals surface area contributed by atoms with Gasteiger partial charge < -0.3 is 5.32 Å². The molecule has 1 spiro atoms. The molecule has 1 N–H and O–H groups in total. The van der Waals surface area contributed by atoms with E-state index in [1.807, 2.05) is 25.1 Å². The van der Waals surface area contributed by atoms with Crippen molar-refractivity contribution in [3.8, 4) is 0 Å². The first-order valence-corrected chi connectivity index (χ1v) is 8.33. The van der Waals surface area contributed by atoms with E-state index in [0.717, 1.165) is 44.1 Å². The molecule has 1 unspecified atom stereocenters. The van der Waals surface area contributed by atoms with Crippen molar-refractivity contribution in [1.82, 2.24) is 10.2 Å². The molecular formula is C17H21ClN2O2. The third-order valence-electron chi connectivity index (χ3n) is 4.89. The van der Waals surface area contributed by atoms with E-state index in [2.05, 4.69) is 5.32 Å². The number of nitrogens with zero attached hydrogens (tertiary/aromatic N) is 1. The zero-order chi connectivity index (χ0) is 15.7. The molecule has 1 aromatic carbocycles. The van der Waals surface area contributed by atoms with Crippen molar-refractivity contribution in [1.29, 1.82) is 0 Å². The van der Waals surface area contributed by atoms with Gasteiger partial charge in [-0.3, -0.25) is 9.69 Å². The van der Waals surface area contributed by atoms with Crippen LogP contribution in [0.3, 0.4) is 0 Å². The molecule has 1 aliphatic heterocycles. The van der Waals surface area contributed by atoms with Gasteiger partial charge in [-0.25, -0.2) is 4.79 Å². The molecule has 5 heteroatoms. The van der Waals surface area contributed by atoms with Crippen LogP contribution in [-0.4, -0.2) is 22.4 Å². The second-order valence-corrected chi connectivity index (χ2v) is 6.71. The van der Waals surface area contributed by atoms with Gasteiger partial charge in [0.05, 0.1) is 6.04 Å². The van der Waals surface area contributed by atoms with E-state index >= 15 is 0 Å². The first-order chi connectivity index (χ1) is 10.6. The Hall–Kier alpha value is -1.55. The summed E-state index contributed by atoms with van der Waals surface area (Å²) in [5.41, 5.74) is 0.113. The summed E-state index contributed by atoms with van der Waals surface area (Å²) in [6.07, 6.45) is 5.71. The van der Waals surface area contributed by atoms with E-state index in [4.69, 9.17) is 11.6 Å². The van der Waals surface area contributed by atoms with Gasteiger partial charge >= 0.3 is 6.03 Å². The zero-order valence-electron chi connectivity index (χ0n) is 12.8. The average molecular weight is 321 g/mol. The molecule has 1 aliphatic carbocycles. The number of halogens is 1. The number of amides is 3. The third-order valence-corrected chi connectivity index (χ3v) is 5.24. The molecule has 1 heterocycles. The van der Waals surface area contributed by atoms with Crippen molar-refractivity contribution < 1.29 is 9.59 Å². The second-order valence-electron chi connectivity index (χ2n) is 6.30. The Balaban J connectivity index is 1.90. The van der Waals surface area contributed by atoms with Crippen molar-refractivity contribution in [3.05, 3.63) is 34.9 Å². The molecule has 1 aromatic rings. The predicted octanol–water partition coefficient (Wildman–Crippen LogP) is 4.05. The first-order valence-electron chi connectivity index (χ1n) is 7.95. The molecule has 4 nitrogen and oxygen atoms in total. The summed E-state index contributed by atoms with van der Waals surface area (Å²) in [4.78, 5) is 26.8. The molecule has 1 saturated carbocycles. The minimum absolute atomic E-state index is 0.0909. The quantitative estimate of drug-likeness (QED) is 0.836. The molecule has 3 amide bonds. The van der Waals surface area contributed by atoms with E-state index in [9.17, 15) is 9.59 Å². The maximum atomic E-state index is 13.0. The lowest BCUT2D eigenvalue weighted by Gasteiger charge is -2.27. The van der Waals surface area contributed by atoms with Crippen LogP contribution in [0, 0.1) is 0 Å². The summed E-state index contributed by atoms with van der Waals surface area (Å²) in [6.45, 7) is 1.86. The fourth-order valence-corrected chi connectivity index (χ4v) is 3.91. The van der Waals surface area contributed by atoms with E-state index in [-0.39, 0.29) is 18.0 Å². The van der Waals surface area contributed by atoms with Crippen LogP contribution in [0.4, 0.5) is 4.79 Å². The molecule has 118 valence electrons.